The third-order valence-corrected chi connectivity index (χ3v) is 3.90. The van der Waals surface area contributed by atoms with Gasteiger partial charge < -0.3 is 9.88 Å². The second-order valence-electron chi connectivity index (χ2n) is 5.72. The zero-order valence-corrected chi connectivity index (χ0v) is 14.0. The lowest BCUT2D eigenvalue weighted by Gasteiger charge is -2.08. The van der Waals surface area contributed by atoms with E-state index in [0.29, 0.717) is 11.5 Å². The molecule has 0 saturated heterocycles. The third-order valence-electron chi connectivity index (χ3n) is 3.90. The highest BCUT2D eigenvalue weighted by atomic mass is 19.1. The SMILES string of the molecule is Cn1cnnc1-c1ccc(Nc2ncc(F)c(-c3ccccc3)n2)cc1. The average molecular weight is 346 g/mol. The van der Waals surface area contributed by atoms with Gasteiger partial charge in [-0.05, 0) is 24.3 Å². The highest BCUT2D eigenvalue weighted by Crippen LogP contribution is 2.23. The Hall–Kier alpha value is -3.61. The molecule has 0 aliphatic carbocycles. The Morgan fingerprint density at radius 1 is 0.962 bits per heavy atom. The highest BCUT2D eigenvalue weighted by Gasteiger charge is 2.10. The molecule has 4 aromatic rings. The maximum atomic E-state index is 14.1. The third kappa shape index (κ3) is 3.14. The summed E-state index contributed by atoms with van der Waals surface area (Å²) in [4.78, 5) is 8.32. The van der Waals surface area contributed by atoms with Crippen LogP contribution in [0.5, 0.6) is 0 Å². The molecule has 4 rings (SSSR count). The maximum absolute atomic E-state index is 14.1. The molecule has 0 fully saturated rings. The van der Waals surface area contributed by atoms with Gasteiger partial charge in [0.05, 0.1) is 6.20 Å². The summed E-state index contributed by atoms with van der Waals surface area (Å²) in [5.74, 6) is 0.650. The van der Waals surface area contributed by atoms with Gasteiger partial charge in [-0.25, -0.2) is 14.4 Å². The molecule has 0 saturated carbocycles. The van der Waals surface area contributed by atoms with E-state index in [4.69, 9.17) is 0 Å². The molecule has 26 heavy (non-hydrogen) atoms. The van der Waals surface area contributed by atoms with Crippen molar-refractivity contribution in [3.05, 3.63) is 72.9 Å². The number of nitrogens with one attached hydrogen (secondary N) is 1. The molecule has 0 radical (unpaired) electrons. The zero-order chi connectivity index (χ0) is 17.9. The number of hydrogen-bond donors (Lipinski definition) is 1. The van der Waals surface area contributed by atoms with Crippen molar-refractivity contribution in [1.29, 1.82) is 0 Å². The second-order valence-corrected chi connectivity index (χ2v) is 5.72. The first kappa shape index (κ1) is 15.9. The molecule has 0 unspecified atom stereocenters. The number of rotatable bonds is 4. The van der Waals surface area contributed by atoms with E-state index in [1.807, 2.05) is 66.2 Å². The van der Waals surface area contributed by atoms with Crippen molar-refractivity contribution in [1.82, 2.24) is 24.7 Å². The predicted octanol–water partition coefficient (Wildman–Crippen LogP) is 3.82. The van der Waals surface area contributed by atoms with E-state index >= 15 is 0 Å². The molecule has 1 N–H and O–H groups in total. The predicted molar refractivity (Wildman–Crippen MR) is 97.1 cm³/mol. The van der Waals surface area contributed by atoms with Crippen LogP contribution in [0.25, 0.3) is 22.6 Å². The van der Waals surface area contributed by atoms with Crippen LogP contribution in [0.15, 0.2) is 67.1 Å². The van der Waals surface area contributed by atoms with Crippen LogP contribution in [-0.2, 0) is 7.05 Å². The minimum Gasteiger partial charge on any atom is -0.324 e. The van der Waals surface area contributed by atoms with E-state index in [9.17, 15) is 4.39 Å². The first-order valence-electron chi connectivity index (χ1n) is 8.00. The van der Waals surface area contributed by atoms with Crippen LogP contribution >= 0.6 is 0 Å². The van der Waals surface area contributed by atoms with Crippen LogP contribution in [0.2, 0.25) is 0 Å². The van der Waals surface area contributed by atoms with E-state index in [0.717, 1.165) is 17.1 Å². The summed E-state index contributed by atoms with van der Waals surface area (Å²) in [5.41, 5.74) is 2.70. The minimum absolute atomic E-state index is 0.263. The van der Waals surface area contributed by atoms with Crippen LogP contribution in [0, 0.1) is 5.82 Å². The fourth-order valence-corrected chi connectivity index (χ4v) is 2.60. The van der Waals surface area contributed by atoms with Crippen LogP contribution in [0.3, 0.4) is 0 Å². The summed E-state index contributed by atoms with van der Waals surface area (Å²) < 4.78 is 15.9. The van der Waals surface area contributed by atoms with Gasteiger partial charge in [-0.15, -0.1) is 10.2 Å². The Labute approximate surface area is 149 Å². The molecule has 2 aromatic carbocycles. The first-order valence-corrected chi connectivity index (χ1v) is 8.00. The summed E-state index contributed by atoms with van der Waals surface area (Å²) in [6.07, 6.45) is 2.82. The normalized spacial score (nSPS) is 10.7. The lowest BCUT2D eigenvalue weighted by molar-refractivity contribution is 0.619. The number of anilines is 2. The van der Waals surface area contributed by atoms with Gasteiger partial charge in [-0.2, -0.15) is 0 Å². The van der Waals surface area contributed by atoms with Gasteiger partial charge in [-0.3, -0.25) is 0 Å². The van der Waals surface area contributed by atoms with Gasteiger partial charge in [0.2, 0.25) is 5.95 Å². The molecule has 0 spiro atoms. The quantitative estimate of drug-likeness (QED) is 0.608. The fraction of sp³-hybridized carbons (Fsp3) is 0.0526. The van der Waals surface area contributed by atoms with Crippen LogP contribution in [-0.4, -0.2) is 24.7 Å². The second kappa shape index (κ2) is 6.72. The van der Waals surface area contributed by atoms with Gasteiger partial charge >= 0.3 is 0 Å². The molecule has 6 nitrogen and oxygen atoms in total. The highest BCUT2D eigenvalue weighted by molar-refractivity contribution is 5.64. The Morgan fingerprint density at radius 2 is 1.73 bits per heavy atom. The molecule has 2 heterocycles. The molecule has 7 heteroatoms. The number of hydrogen-bond acceptors (Lipinski definition) is 5. The summed E-state index contributed by atoms with van der Waals surface area (Å²) in [6, 6.07) is 16.8. The minimum atomic E-state index is -0.459. The number of nitrogens with zero attached hydrogens (tertiary/aromatic N) is 5. The Kier molecular flexibility index (Phi) is 4.10. The van der Waals surface area contributed by atoms with Crippen molar-refractivity contribution >= 4 is 11.6 Å². The standard InChI is InChI=1S/C19H15FN6/c1-26-12-22-25-18(26)14-7-9-15(10-8-14)23-19-21-11-16(20)17(24-19)13-5-3-2-4-6-13/h2-12H,1H3,(H,21,23,24). The molecular weight excluding hydrogens is 331 g/mol. The van der Waals surface area contributed by atoms with E-state index in [2.05, 4.69) is 25.5 Å². The molecule has 128 valence electrons. The Morgan fingerprint density at radius 3 is 2.42 bits per heavy atom. The summed E-state index contributed by atoms with van der Waals surface area (Å²) in [5, 5.41) is 11.1. The Bertz CT molecular complexity index is 1030. The number of aryl methyl sites for hydroxylation is 1. The van der Waals surface area contributed by atoms with Gasteiger partial charge in [0, 0.05) is 23.9 Å². The first-order chi connectivity index (χ1) is 12.7. The van der Waals surface area contributed by atoms with Crippen LogP contribution in [0.4, 0.5) is 16.0 Å². The average Bonchev–Trinajstić information content (AvgIpc) is 3.11. The van der Waals surface area contributed by atoms with Gasteiger partial charge in [0.25, 0.3) is 0 Å². The molecule has 0 aliphatic rings. The van der Waals surface area contributed by atoms with Crippen molar-refractivity contribution in [2.24, 2.45) is 7.05 Å². The van der Waals surface area contributed by atoms with Crippen molar-refractivity contribution in [3.8, 4) is 22.6 Å². The Balaban J connectivity index is 1.59. The smallest absolute Gasteiger partial charge is 0.227 e. The van der Waals surface area contributed by atoms with E-state index in [-0.39, 0.29) is 5.69 Å². The topological polar surface area (TPSA) is 68.5 Å². The van der Waals surface area contributed by atoms with Gasteiger partial charge in [0.15, 0.2) is 11.6 Å². The largest absolute Gasteiger partial charge is 0.324 e. The molecule has 0 atom stereocenters. The monoisotopic (exact) mass is 346 g/mol. The lowest BCUT2D eigenvalue weighted by atomic mass is 10.1. The van der Waals surface area contributed by atoms with Gasteiger partial charge in [-0.1, -0.05) is 30.3 Å². The molecule has 0 amide bonds. The summed E-state index contributed by atoms with van der Waals surface area (Å²) in [6.45, 7) is 0. The van der Waals surface area contributed by atoms with E-state index in [1.165, 1.54) is 6.20 Å². The lowest BCUT2D eigenvalue weighted by Crippen LogP contribution is -2.00. The van der Waals surface area contributed by atoms with Crippen molar-refractivity contribution in [2.75, 3.05) is 5.32 Å². The number of halogens is 1. The molecular formula is C19H15FN6. The van der Waals surface area contributed by atoms with Crippen molar-refractivity contribution < 1.29 is 4.39 Å². The zero-order valence-electron chi connectivity index (χ0n) is 14.0. The molecule has 2 aromatic heterocycles. The molecule has 0 bridgehead atoms. The number of aromatic nitrogens is 5. The summed E-state index contributed by atoms with van der Waals surface area (Å²) in [7, 11) is 1.89. The van der Waals surface area contributed by atoms with E-state index < -0.39 is 5.82 Å². The van der Waals surface area contributed by atoms with Crippen molar-refractivity contribution in [2.45, 2.75) is 0 Å². The van der Waals surface area contributed by atoms with Gasteiger partial charge in [0.1, 0.15) is 12.0 Å². The van der Waals surface area contributed by atoms with Crippen LogP contribution < -0.4 is 5.32 Å². The van der Waals surface area contributed by atoms with Crippen molar-refractivity contribution in [3.63, 3.8) is 0 Å². The fourth-order valence-electron chi connectivity index (χ4n) is 2.60. The molecule has 0 aliphatic heterocycles. The summed E-state index contributed by atoms with van der Waals surface area (Å²) >= 11 is 0. The van der Waals surface area contributed by atoms with Crippen LogP contribution in [0.1, 0.15) is 0 Å². The maximum Gasteiger partial charge on any atom is 0.227 e. The van der Waals surface area contributed by atoms with E-state index in [1.54, 1.807) is 6.33 Å². The number of benzene rings is 2.